The van der Waals surface area contributed by atoms with Crippen LogP contribution < -0.4 is 11.1 Å². The van der Waals surface area contributed by atoms with Crippen molar-refractivity contribution in [3.63, 3.8) is 0 Å². The molecule has 3 N–H and O–H groups in total. The van der Waals surface area contributed by atoms with Crippen LogP contribution >= 0.6 is 11.6 Å². The smallest absolute Gasteiger partial charge is 0.339 e. The second kappa shape index (κ2) is 11.4. The summed E-state index contributed by atoms with van der Waals surface area (Å²) in [6.07, 6.45) is 1.95. The molecule has 1 saturated heterocycles. The van der Waals surface area contributed by atoms with Gasteiger partial charge in [0.15, 0.2) is 17.2 Å². The Hall–Kier alpha value is -4.68. The van der Waals surface area contributed by atoms with Gasteiger partial charge in [-0.1, -0.05) is 11.6 Å². The van der Waals surface area contributed by atoms with Gasteiger partial charge in [-0.3, -0.25) is 18.7 Å². The molecule has 0 spiro atoms. The van der Waals surface area contributed by atoms with Crippen LogP contribution in [0.25, 0.3) is 16.9 Å². The Morgan fingerprint density at radius 3 is 2.52 bits per heavy atom. The average molecular weight is 627 g/mol. The molecule has 1 aliphatic heterocycles. The number of hydrogen-bond donors (Lipinski definition) is 2. The van der Waals surface area contributed by atoms with Crippen LogP contribution in [0.15, 0.2) is 43.0 Å². The number of nitriles is 1. The predicted octanol–water partition coefficient (Wildman–Crippen LogP) is 3.55. The minimum absolute atomic E-state index is 0.0265. The highest BCUT2D eigenvalue weighted by molar-refractivity contribution is 6.34. The highest BCUT2D eigenvalue weighted by Gasteiger charge is 2.39. The number of carbonyl (C=O) groups excluding carboxylic acids is 2. The second-order valence-electron chi connectivity index (χ2n) is 10.7. The molecule has 2 amide bonds. The summed E-state index contributed by atoms with van der Waals surface area (Å²) in [4.78, 5) is 37.9. The van der Waals surface area contributed by atoms with Crippen LogP contribution in [-0.4, -0.2) is 78.0 Å². The van der Waals surface area contributed by atoms with E-state index in [2.05, 4.69) is 20.4 Å². The SMILES string of the molecule is N#CCn1cc(-c2cnc3c(Nc4ccc(C(=O)N5CCN(C(=O)[C@H]6C[C@H](N)C6)CC5)c(Cl)c4)nccn23)c(C(F)(F)F)n1. The molecular formula is C28H26ClF3N10O2. The first-order valence-electron chi connectivity index (χ1n) is 13.8. The normalized spacial score (nSPS) is 18.6. The van der Waals surface area contributed by atoms with Crippen molar-refractivity contribution in [1.29, 1.82) is 5.26 Å². The van der Waals surface area contributed by atoms with Crippen molar-refractivity contribution in [3.8, 4) is 17.3 Å². The number of nitrogens with one attached hydrogen (secondary N) is 1. The van der Waals surface area contributed by atoms with Gasteiger partial charge in [0.25, 0.3) is 5.91 Å². The van der Waals surface area contributed by atoms with Gasteiger partial charge in [0, 0.05) is 62.4 Å². The number of imidazole rings is 1. The number of rotatable bonds is 6. The molecule has 1 aromatic carbocycles. The maximum atomic E-state index is 13.7. The number of amides is 2. The zero-order valence-electron chi connectivity index (χ0n) is 23.1. The fourth-order valence-corrected chi connectivity index (χ4v) is 5.76. The first kappa shape index (κ1) is 29.4. The molecule has 1 aliphatic carbocycles. The van der Waals surface area contributed by atoms with E-state index >= 15 is 0 Å². The summed E-state index contributed by atoms with van der Waals surface area (Å²) < 4.78 is 43.6. The van der Waals surface area contributed by atoms with E-state index in [0.717, 1.165) is 10.9 Å². The molecular weight excluding hydrogens is 601 g/mol. The molecule has 228 valence electrons. The van der Waals surface area contributed by atoms with Crippen LogP contribution in [0.2, 0.25) is 5.02 Å². The van der Waals surface area contributed by atoms with Gasteiger partial charge in [0.05, 0.1) is 34.1 Å². The van der Waals surface area contributed by atoms with Gasteiger partial charge >= 0.3 is 6.18 Å². The summed E-state index contributed by atoms with van der Waals surface area (Å²) >= 11 is 6.52. The van der Waals surface area contributed by atoms with Gasteiger partial charge in [-0.25, -0.2) is 9.97 Å². The van der Waals surface area contributed by atoms with Crippen molar-refractivity contribution >= 4 is 40.6 Å². The number of benzene rings is 1. The largest absolute Gasteiger partial charge is 0.435 e. The summed E-state index contributed by atoms with van der Waals surface area (Å²) in [6, 6.07) is 6.64. The van der Waals surface area contributed by atoms with Crippen molar-refractivity contribution < 1.29 is 22.8 Å². The number of anilines is 2. The topological polar surface area (TPSA) is 150 Å². The molecule has 6 rings (SSSR count). The van der Waals surface area contributed by atoms with Crippen LogP contribution in [0, 0.1) is 17.2 Å². The molecule has 2 fully saturated rings. The molecule has 1 saturated carbocycles. The van der Waals surface area contributed by atoms with Crippen LogP contribution in [0.3, 0.4) is 0 Å². The lowest BCUT2D eigenvalue weighted by Gasteiger charge is -2.40. The third kappa shape index (κ3) is 5.53. The van der Waals surface area contributed by atoms with E-state index in [9.17, 15) is 22.8 Å². The minimum atomic E-state index is -4.75. The first-order chi connectivity index (χ1) is 21.0. The quantitative estimate of drug-likeness (QED) is 0.330. The molecule has 0 atom stereocenters. The molecule has 3 aromatic heterocycles. The van der Waals surface area contributed by atoms with E-state index in [4.69, 9.17) is 22.6 Å². The fraction of sp³-hybridized carbons (Fsp3) is 0.357. The third-order valence-corrected chi connectivity index (χ3v) is 8.14. The third-order valence-electron chi connectivity index (χ3n) is 7.83. The van der Waals surface area contributed by atoms with Crippen molar-refractivity contribution in [2.45, 2.75) is 31.6 Å². The highest BCUT2D eigenvalue weighted by atomic mass is 35.5. The second-order valence-corrected chi connectivity index (χ2v) is 11.1. The molecule has 0 unspecified atom stereocenters. The monoisotopic (exact) mass is 626 g/mol. The van der Waals surface area contributed by atoms with E-state index < -0.39 is 11.9 Å². The Bertz CT molecular complexity index is 1780. The molecule has 0 radical (unpaired) electrons. The van der Waals surface area contributed by atoms with E-state index in [0.29, 0.717) is 50.3 Å². The number of nitrogens with two attached hydrogens (primary N) is 1. The summed E-state index contributed by atoms with van der Waals surface area (Å²) in [5.74, 6) is 0.0479. The number of hydrogen-bond acceptors (Lipinski definition) is 8. The van der Waals surface area contributed by atoms with Crippen molar-refractivity contribution in [2.75, 3.05) is 31.5 Å². The zero-order chi connectivity index (χ0) is 31.2. The first-order valence-corrected chi connectivity index (χ1v) is 14.2. The average Bonchev–Trinajstić information content (AvgIpc) is 3.60. The Balaban J connectivity index is 1.18. The molecule has 44 heavy (non-hydrogen) atoms. The van der Waals surface area contributed by atoms with Crippen LogP contribution in [0.1, 0.15) is 28.9 Å². The summed E-state index contributed by atoms with van der Waals surface area (Å²) in [5, 5.41) is 15.7. The molecule has 4 heterocycles. The van der Waals surface area contributed by atoms with Gasteiger partial charge in [-0.15, -0.1) is 0 Å². The van der Waals surface area contributed by atoms with Crippen LogP contribution in [0.5, 0.6) is 0 Å². The fourth-order valence-electron chi connectivity index (χ4n) is 5.50. The molecule has 0 bridgehead atoms. The summed E-state index contributed by atoms with van der Waals surface area (Å²) in [6.45, 7) is 1.32. The lowest BCUT2D eigenvalue weighted by atomic mass is 9.80. The molecule has 4 aromatic rings. The van der Waals surface area contributed by atoms with E-state index in [1.807, 2.05) is 0 Å². The zero-order valence-corrected chi connectivity index (χ0v) is 23.9. The number of carbonyl (C=O) groups is 2. The number of alkyl halides is 3. The Labute approximate surface area is 253 Å². The summed E-state index contributed by atoms with van der Waals surface area (Å²) in [7, 11) is 0. The van der Waals surface area contributed by atoms with Crippen molar-refractivity contribution in [2.24, 2.45) is 11.7 Å². The van der Waals surface area contributed by atoms with Gasteiger partial charge in [-0.2, -0.15) is 23.5 Å². The van der Waals surface area contributed by atoms with Crippen LogP contribution in [0.4, 0.5) is 24.7 Å². The van der Waals surface area contributed by atoms with Gasteiger partial charge in [-0.05, 0) is 31.0 Å². The number of nitrogens with zero attached hydrogens (tertiary/aromatic N) is 8. The van der Waals surface area contributed by atoms with Crippen molar-refractivity contribution in [3.05, 3.63) is 59.3 Å². The summed E-state index contributed by atoms with van der Waals surface area (Å²) in [5.41, 5.74) is 5.56. The van der Waals surface area contributed by atoms with E-state index in [1.54, 1.807) is 34.1 Å². The number of aromatic nitrogens is 5. The van der Waals surface area contributed by atoms with E-state index in [1.165, 1.54) is 23.0 Å². The minimum Gasteiger partial charge on any atom is -0.339 e. The molecule has 16 heteroatoms. The lowest BCUT2D eigenvalue weighted by Crippen LogP contribution is -2.54. The molecule has 2 aliphatic rings. The Morgan fingerprint density at radius 2 is 1.86 bits per heavy atom. The van der Waals surface area contributed by atoms with Crippen molar-refractivity contribution in [1.82, 2.24) is 33.9 Å². The maximum absolute atomic E-state index is 13.7. The predicted molar refractivity (Wildman–Crippen MR) is 153 cm³/mol. The number of piperazine rings is 1. The van der Waals surface area contributed by atoms with E-state index in [-0.39, 0.29) is 58.1 Å². The highest BCUT2D eigenvalue weighted by Crippen LogP contribution is 2.37. The number of fused-ring (bicyclic) bond motifs is 1. The molecule has 12 nitrogen and oxygen atoms in total. The van der Waals surface area contributed by atoms with Crippen LogP contribution in [-0.2, 0) is 17.5 Å². The van der Waals surface area contributed by atoms with Gasteiger partial charge in [0.2, 0.25) is 5.91 Å². The standard InChI is InChI=1S/C28H26ClF3N10O2/c29-21-13-18(1-2-19(21)27(44)40-9-7-39(8-10-40)26(43)16-11-17(34)12-16)37-24-25-36-14-22(42(25)6-4-35-24)20-15-41(5-3-33)38-23(20)28(30,31)32/h1-2,4,6,13-17H,5,7-12,34H2,(H,35,37)/t16-,17-. The maximum Gasteiger partial charge on any atom is 0.435 e. The lowest BCUT2D eigenvalue weighted by molar-refractivity contribution is -0.141. The Kier molecular flexibility index (Phi) is 7.64. The van der Waals surface area contributed by atoms with Gasteiger partial charge in [0.1, 0.15) is 6.54 Å². The van der Waals surface area contributed by atoms with Gasteiger partial charge < -0.3 is 20.9 Å². The Morgan fingerprint density at radius 1 is 1.14 bits per heavy atom. The number of halogens is 4.